The van der Waals surface area contributed by atoms with Gasteiger partial charge >= 0.3 is 5.97 Å². The molecule has 0 N–H and O–H groups in total. The van der Waals surface area contributed by atoms with Gasteiger partial charge in [-0.1, -0.05) is 42.6 Å². The number of hydrogen-bond acceptors (Lipinski definition) is 4. The van der Waals surface area contributed by atoms with Crippen LogP contribution < -0.4 is 0 Å². The Morgan fingerprint density at radius 3 is 2.83 bits per heavy atom. The van der Waals surface area contributed by atoms with Crippen molar-refractivity contribution >= 4 is 35.2 Å². The zero-order chi connectivity index (χ0) is 17.5. The van der Waals surface area contributed by atoms with Gasteiger partial charge in [0.1, 0.15) is 23.2 Å². The van der Waals surface area contributed by atoms with E-state index in [1.54, 1.807) is 30.3 Å². The number of carbonyl (C=O) groups is 1. The summed E-state index contributed by atoms with van der Waals surface area (Å²) in [5.74, 6) is 0.181. The van der Waals surface area contributed by atoms with E-state index in [9.17, 15) is 4.79 Å². The van der Waals surface area contributed by atoms with E-state index in [4.69, 9.17) is 37.6 Å². The lowest BCUT2D eigenvalue weighted by Gasteiger charge is -2.02. The van der Waals surface area contributed by atoms with Gasteiger partial charge in [0.25, 0.3) is 0 Å². The number of furan rings is 1. The fourth-order valence-corrected chi connectivity index (χ4v) is 2.33. The van der Waals surface area contributed by atoms with Gasteiger partial charge in [0.15, 0.2) is 0 Å². The minimum atomic E-state index is -0.662. The second kappa shape index (κ2) is 8.58. The summed E-state index contributed by atoms with van der Waals surface area (Å²) in [7, 11) is 0. The molecule has 0 radical (unpaired) electrons. The molecule has 1 aromatic heterocycles. The van der Waals surface area contributed by atoms with E-state index >= 15 is 0 Å². The molecule has 2 aromatic rings. The van der Waals surface area contributed by atoms with E-state index in [-0.39, 0.29) is 12.2 Å². The Kier molecular flexibility index (Phi) is 6.48. The van der Waals surface area contributed by atoms with Crippen LogP contribution in [-0.2, 0) is 9.53 Å². The third-order valence-electron chi connectivity index (χ3n) is 3.20. The number of carbonyl (C=O) groups excluding carboxylic acids is 1. The summed E-state index contributed by atoms with van der Waals surface area (Å²) in [5.41, 5.74) is 0.511. The van der Waals surface area contributed by atoms with Crippen LogP contribution in [0.4, 0.5) is 0 Å². The van der Waals surface area contributed by atoms with Crippen molar-refractivity contribution in [3.8, 4) is 17.4 Å². The number of nitrogens with zero attached hydrogens (tertiary/aromatic N) is 1. The molecular weight excluding hydrogens is 349 g/mol. The molecule has 1 heterocycles. The van der Waals surface area contributed by atoms with Crippen molar-refractivity contribution in [2.75, 3.05) is 6.61 Å². The van der Waals surface area contributed by atoms with Crippen molar-refractivity contribution in [3.05, 3.63) is 51.7 Å². The van der Waals surface area contributed by atoms with Crippen molar-refractivity contribution < 1.29 is 13.9 Å². The van der Waals surface area contributed by atoms with E-state index in [2.05, 4.69) is 0 Å². The van der Waals surface area contributed by atoms with Crippen molar-refractivity contribution in [2.45, 2.75) is 19.8 Å². The maximum absolute atomic E-state index is 11.8. The molecule has 0 atom stereocenters. The fourth-order valence-electron chi connectivity index (χ4n) is 1.94. The maximum Gasteiger partial charge on any atom is 0.349 e. The predicted octanol–water partition coefficient (Wildman–Crippen LogP) is 5.50. The molecule has 0 spiro atoms. The highest BCUT2D eigenvalue weighted by Crippen LogP contribution is 2.34. The third kappa shape index (κ3) is 4.41. The molecule has 2 rings (SSSR count). The van der Waals surface area contributed by atoms with Crippen LogP contribution in [-0.4, -0.2) is 12.6 Å². The van der Waals surface area contributed by atoms with Gasteiger partial charge in [-0.25, -0.2) is 4.79 Å². The first kappa shape index (κ1) is 18.1. The summed E-state index contributed by atoms with van der Waals surface area (Å²) in [6.07, 6.45) is 3.00. The average molecular weight is 364 g/mol. The van der Waals surface area contributed by atoms with Gasteiger partial charge in [-0.15, -0.1) is 0 Å². The average Bonchev–Trinajstić information content (AvgIpc) is 3.03. The van der Waals surface area contributed by atoms with Gasteiger partial charge in [0.05, 0.1) is 16.7 Å². The predicted molar refractivity (Wildman–Crippen MR) is 93.6 cm³/mol. The largest absolute Gasteiger partial charge is 0.462 e. The lowest BCUT2D eigenvalue weighted by atomic mass is 10.2. The number of hydrogen-bond donors (Lipinski definition) is 0. The number of rotatable bonds is 6. The number of ether oxygens (including phenoxy) is 1. The monoisotopic (exact) mass is 363 g/mol. The first-order valence-electron chi connectivity index (χ1n) is 7.40. The van der Waals surface area contributed by atoms with Crippen LogP contribution in [0.5, 0.6) is 0 Å². The summed E-state index contributed by atoms with van der Waals surface area (Å²) in [6.45, 7) is 2.27. The maximum atomic E-state index is 11.8. The van der Waals surface area contributed by atoms with Crippen LogP contribution in [0.1, 0.15) is 25.5 Å². The molecular formula is C18H15Cl2NO3. The highest BCUT2D eigenvalue weighted by atomic mass is 35.5. The highest BCUT2D eigenvalue weighted by Gasteiger charge is 2.14. The SMILES string of the molecule is CCCCOC(=O)C(C#N)=Cc1ccc(-c2cccc(Cl)c2Cl)o1. The number of unbranched alkanes of at least 4 members (excludes halogenated alkanes) is 1. The molecule has 0 bridgehead atoms. The van der Waals surface area contributed by atoms with Crippen molar-refractivity contribution in [1.82, 2.24) is 0 Å². The Hall–Kier alpha value is -2.22. The zero-order valence-corrected chi connectivity index (χ0v) is 14.5. The minimum Gasteiger partial charge on any atom is -0.462 e. The van der Waals surface area contributed by atoms with Crippen molar-refractivity contribution in [3.63, 3.8) is 0 Å². The molecule has 4 nitrogen and oxygen atoms in total. The van der Waals surface area contributed by atoms with Crippen LogP contribution in [0.3, 0.4) is 0 Å². The zero-order valence-electron chi connectivity index (χ0n) is 13.0. The number of benzene rings is 1. The summed E-state index contributed by atoms with van der Waals surface area (Å²) in [6, 6.07) is 10.4. The van der Waals surface area contributed by atoms with E-state index in [0.717, 1.165) is 12.8 Å². The molecule has 0 fully saturated rings. The lowest BCUT2D eigenvalue weighted by molar-refractivity contribution is -0.138. The number of esters is 1. The third-order valence-corrected chi connectivity index (χ3v) is 4.02. The molecule has 0 saturated heterocycles. The lowest BCUT2D eigenvalue weighted by Crippen LogP contribution is -2.07. The Morgan fingerprint density at radius 2 is 2.12 bits per heavy atom. The quantitative estimate of drug-likeness (QED) is 0.294. The van der Waals surface area contributed by atoms with E-state index in [1.807, 2.05) is 13.0 Å². The van der Waals surface area contributed by atoms with E-state index in [1.165, 1.54) is 6.08 Å². The Labute approximate surface area is 150 Å². The minimum absolute atomic E-state index is 0.121. The molecule has 1 aromatic carbocycles. The van der Waals surface area contributed by atoms with Crippen LogP contribution in [0.15, 0.2) is 40.3 Å². The van der Waals surface area contributed by atoms with Gasteiger partial charge in [-0.05, 0) is 30.7 Å². The number of nitriles is 1. The Morgan fingerprint density at radius 1 is 1.33 bits per heavy atom. The van der Waals surface area contributed by atoms with Crippen LogP contribution in [0.2, 0.25) is 10.0 Å². The second-order valence-corrected chi connectivity index (χ2v) is 5.75. The van der Waals surface area contributed by atoms with E-state index < -0.39 is 5.97 Å². The van der Waals surface area contributed by atoms with Gasteiger partial charge in [-0.3, -0.25) is 0 Å². The molecule has 0 unspecified atom stereocenters. The van der Waals surface area contributed by atoms with Gasteiger partial charge in [-0.2, -0.15) is 5.26 Å². The van der Waals surface area contributed by atoms with Gasteiger partial charge in [0, 0.05) is 11.6 Å². The molecule has 0 aliphatic carbocycles. The molecule has 6 heteroatoms. The van der Waals surface area contributed by atoms with Crippen LogP contribution in [0, 0.1) is 11.3 Å². The summed E-state index contributed by atoms with van der Waals surface area (Å²) in [4.78, 5) is 11.8. The van der Waals surface area contributed by atoms with Crippen molar-refractivity contribution in [1.29, 1.82) is 5.26 Å². The first-order chi connectivity index (χ1) is 11.6. The Bertz CT molecular complexity index is 803. The summed E-state index contributed by atoms with van der Waals surface area (Å²) < 4.78 is 10.7. The van der Waals surface area contributed by atoms with Crippen molar-refractivity contribution in [2.24, 2.45) is 0 Å². The van der Waals surface area contributed by atoms with E-state index in [0.29, 0.717) is 27.1 Å². The molecule has 0 aliphatic rings. The standard InChI is InChI=1S/C18H15Cl2NO3/c1-2-3-9-23-18(22)12(11-21)10-13-7-8-16(24-13)14-5-4-6-15(19)17(14)20/h4-8,10H,2-3,9H2,1H3. The summed E-state index contributed by atoms with van der Waals surface area (Å²) >= 11 is 12.1. The van der Waals surface area contributed by atoms with Gasteiger partial charge in [0.2, 0.25) is 0 Å². The van der Waals surface area contributed by atoms with Gasteiger partial charge < -0.3 is 9.15 Å². The molecule has 0 aliphatic heterocycles. The molecule has 124 valence electrons. The van der Waals surface area contributed by atoms with Crippen LogP contribution >= 0.6 is 23.2 Å². The topological polar surface area (TPSA) is 63.2 Å². The Balaban J connectivity index is 2.21. The highest BCUT2D eigenvalue weighted by molar-refractivity contribution is 6.43. The molecule has 24 heavy (non-hydrogen) atoms. The smallest absolute Gasteiger partial charge is 0.349 e. The second-order valence-electron chi connectivity index (χ2n) is 4.96. The van der Waals surface area contributed by atoms with Crippen LogP contribution in [0.25, 0.3) is 17.4 Å². The molecule has 0 amide bonds. The summed E-state index contributed by atoms with van der Waals surface area (Å²) in [5, 5.41) is 9.91. The normalized spacial score (nSPS) is 11.2. The number of halogens is 2. The molecule has 0 saturated carbocycles. The fraction of sp³-hybridized carbons (Fsp3) is 0.222. The first-order valence-corrected chi connectivity index (χ1v) is 8.15.